The Morgan fingerprint density at radius 3 is 3.30 bits per heavy atom. The molecule has 2 rings (SSSR count). The zero-order valence-electron chi connectivity index (χ0n) is 5.19. The number of aromatic nitrogens is 3. The molecule has 0 aromatic carbocycles. The second-order valence-electron chi connectivity index (χ2n) is 1.82. The Kier molecular flexibility index (Phi) is 0.887. The summed E-state index contributed by atoms with van der Waals surface area (Å²) >= 11 is 0. The number of rotatable bonds is 1. The maximum Gasteiger partial charge on any atom is 0.266 e. The first-order chi connectivity index (χ1) is 4.92. The normalized spacial score (nSPS) is 10.4. The van der Waals surface area contributed by atoms with E-state index in [4.69, 9.17) is 4.42 Å². The summed E-state index contributed by atoms with van der Waals surface area (Å²) in [4.78, 5) is 7.82. The number of hydrogen-bond acceptors (Lipinski definition) is 3. The molecular formula is C6H5N3O. The Bertz CT molecular complexity index is 360. The van der Waals surface area contributed by atoms with Crippen molar-refractivity contribution in [1.29, 1.82) is 0 Å². The molecule has 0 amide bonds. The molecule has 0 N–H and O–H groups in total. The monoisotopic (exact) mass is 135 g/mol. The third-order valence-electron chi connectivity index (χ3n) is 1.27. The average Bonchev–Trinajstić information content (AvgIpc) is 2.44. The second kappa shape index (κ2) is 1.70. The van der Waals surface area contributed by atoms with Crippen LogP contribution in [0.15, 0.2) is 23.7 Å². The lowest BCUT2D eigenvalue weighted by Gasteiger charge is -1.84. The summed E-state index contributed by atoms with van der Waals surface area (Å²) in [5.41, 5.74) is 1.25. The van der Waals surface area contributed by atoms with Crippen molar-refractivity contribution in [1.82, 2.24) is 14.5 Å². The summed E-state index contributed by atoms with van der Waals surface area (Å²) in [7, 11) is 0. The van der Waals surface area contributed by atoms with Crippen molar-refractivity contribution < 1.29 is 4.42 Å². The van der Waals surface area contributed by atoms with E-state index >= 15 is 0 Å². The van der Waals surface area contributed by atoms with E-state index in [1.807, 2.05) is 0 Å². The Labute approximate surface area is 56.8 Å². The van der Waals surface area contributed by atoms with Crippen LogP contribution in [-0.4, -0.2) is 14.5 Å². The molecule has 0 saturated heterocycles. The molecule has 0 aliphatic rings. The number of hydrogen-bond donors (Lipinski definition) is 0. The molecule has 10 heavy (non-hydrogen) atoms. The van der Waals surface area contributed by atoms with E-state index in [9.17, 15) is 0 Å². The molecule has 0 spiro atoms. The predicted octanol–water partition coefficient (Wildman–Crippen LogP) is 1.12. The molecule has 0 bridgehead atoms. The van der Waals surface area contributed by atoms with Gasteiger partial charge in [-0.25, -0.2) is 0 Å². The maximum absolute atomic E-state index is 4.91. The van der Waals surface area contributed by atoms with Crippen molar-refractivity contribution in [3.05, 3.63) is 19.3 Å². The SMILES string of the molecule is C=Cn1cnc2ocnc21. The molecule has 2 aromatic rings. The van der Waals surface area contributed by atoms with E-state index in [0.29, 0.717) is 11.4 Å². The number of imidazole rings is 1. The third-order valence-corrected chi connectivity index (χ3v) is 1.27. The van der Waals surface area contributed by atoms with Gasteiger partial charge in [0.25, 0.3) is 5.71 Å². The van der Waals surface area contributed by atoms with Crippen LogP contribution in [0.25, 0.3) is 17.6 Å². The van der Waals surface area contributed by atoms with Crippen molar-refractivity contribution in [2.45, 2.75) is 0 Å². The molecular weight excluding hydrogens is 130 g/mol. The molecule has 50 valence electrons. The summed E-state index contributed by atoms with van der Waals surface area (Å²) in [6, 6.07) is 0. The fraction of sp³-hybridized carbons (Fsp3) is 0. The van der Waals surface area contributed by atoms with Gasteiger partial charge in [0.1, 0.15) is 6.33 Å². The van der Waals surface area contributed by atoms with Crippen LogP contribution in [0.4, 0.5) is 0 Å². The van der Waals surface area contributed by atoms with E-state index in [1.54, 1.807) is 17.1 Å². The number of fused-ring (bicyclic) bond motifs is 1. The van der Waals surface area contributed by atoms with Gasteiger partial charge in [-0.05, 0) is 0 Å². The van der Waals surface area contributed by atoms with Crippen LogP contribution < -0.4 is 0 Å². The van der Waals surface area contributed by atoms with Gasteiger partial charge < -0.3 is 4.42 Å². The summed E-state index contributed by atoms with van der Waals surface area (Å²) in [5.74, 6) is 0. The van der Waals surface area contributed by atoms with Crippen LogP contribution in [0.5, 0.6) is 0 Å². The van der Waals surface area contributed by atoms with Crippen LogP contribution >= 0.6 is 0 Å². The molecule has 0 saturated carbocycles. The van der Waals surface area contributed by atoms with Crippen LogP contribution in [0, 0.1) is 0 Å². The first-order valence-corrected chi connectivity index (χ1v) is 2.80. The Hall–Kier alpha value is -1.58. The molecule has 2 aromatic heterocycles. The fourth-order valence-corrected chi connectivity index (χ4v) is 0.802. The number of oxazole rings is 1. The minimum atomic E-state index is 0.542. The summed E-state index contributed by atoms with van der Waals surface area (Å²) in [6.45, 7) is 3.57. The van der Waals surface area contributed by atoms with Gasteiger partial charge in [-0.1, -0.05) is 6.58 Å². The quantitative estimate of drug-likeness (QED) is 0.588. The minimum Gasteiger partial charge on any atom is -0.424 e. The van der Waals surface area contributed by atoms with Crippen LogP contribution in [0.1, 0.15) is 0 Å². The highest BCUT2D eigenvalue weighted by Crippen LogP contribution is 2.08. The standard InChI is InChI=1S/C6H5N3O/c1-2-9-3-7-6-5(9)8-4-10-6/h2-4H,1H2. The maximum atomic E-state index is 4.91. The zero-order valence-corrected chi connectivity index (χ0v) is 5.19. The molecule has 0 fully saturated rings. The topological polar surface area (TPSA) is 43.9 Å². The fourth-order valence-electron chi connectivity index (χ4n) is 0.802. The summed E-state index contributed by atoms with van der Waals surface area (Å²) < 4.78 is 6.60. The predicted molar refractivity (Wildman–Crippen MR) is 36.2 cm³/mol. The average molecular weight is 135 g/mol. The lowest BCUT2D eigenvalue weighted by molar-refractivity contribution is 0.591. The van der Waals surface area contributed by atoms with E-state index in [0.717, 1.165) is 0 Å². The van der Waals surface area contributed by atoms with Crippen molar-refractivity contribution in [3.8, 4) is 0 Å². The lowest BCUT2D eigenvalue weighted by atomic mass is 10.7. The smallest absolute Gasteiger partial charge is 0.266 e. The first-order valence-electron chi connectivity index (χ1n) is 2.80. The van der Waals surface area contributed by atoms with Gasteiger partial charge in [0.05, 0.1) is 0 Å². The highest BCUT2D eigenvalue weighted by atomic mass is 16.3. The molecule has 0 aliphatic heterocycles. The van der Waals surface area contributed by atoms with E-state index in [2.05, 4.69) is 16.5 Å². The summed E-state index contributed by atoms with van der Waals surface area (Å²) in [6.07, 6.45) is 4.59. The van der Waals surface area contributed by atoms with Crippen molar-refractivity contribution in [3.63, 3.8) is 0 Å². The third kappa shape index (κ3) is 0.500. The Balaban J connectivity index is 2.88. The van der Waals surface area contributed by atoms with Gasteiger partial charge in [-0.15, -0.1) is 0 Å². The van der Waals surface area contributed by atoms with E-state index < -0.39 is 0 Å². The zero-order chi connectivity index (χ0) is 6.97. The van der Waals surface area contributed by atoms with Gasteiger partial charge in [-0.3, -0.25) is 4.57 Å². The van der Waals surface area contributed by atoms with Gasteiger partial charge in [0, 0.05) is 6.20 Å². The van der Waals surface area contributed by atoms with Gasteiger partial charge in [0.15, 0.2) is 6.39 Å². The molecule has 0 atom stereocenters. The van der Waals surface area contributed by atoms with Crippen molar-refractivity contribution in [2.75, 3.05) is 0 Å². The van der Waals surface area contributed by atoms with Crippen molar-refractivity contribution >= 4 is 17.6 Å². The van der Waals surface area contributed by atoms with Gasteiger partial charge >= 0.3 is 0 Å². The van der Waals surface area contributed by atoms with Crippen molar-refractivity contribution in [2.24, 2.45) is 0 Å². The largest absolute Gasteiger partial charge is 0.424 e. The van der Waals surface area contributed by atoms with E-state index in [1.165, 1.54) is 6.39 Å². The molecule has 0 unspecified atom stereocenters. The first kappa shape index (κ1) is 5.22. The molecule has 0 radical (unpaired) electrons. The Morgan fingerprint density at radius 1 is 1.60 bits per heavy atom. The molecule has 4 nitrogen and oxygen atoms in total. The molecule has 0 aliphatic carbocycles. The van der Waals surface area contributed by atoms with Gasteiger partial charge in [-0.2, -0.15) is 9.97 Å². The number of nitrogens with zero attached hydrogens (tertiary/aromatic N) is 3. The van der Waals surface area contributed by atoms with Crippen LogP contribution in [0.2, 0.25) is 0 Å². The van der Waals surface area contributed by atoms with E-state index in [-0.39, 0.29) is 0 Å². The molecule has 2 heterocycles. The highest BCUT2D eigenvalue weighted by molar-refractivity contribution is 5.65. The Morgan fingerprint density at radius 2 is 2.50 bits per heavy atom. The lowest BCUT2D eigenvalue weighted by Crippen LogP contribution is -1.80. The summed E-state index contributed by atoms with van der Waals surface area (Å²) in [5, 5.41) is 0. The molecule has 4 heteroatoms. The van der Waals surface area contributed by atoms with Crippen LogP contribution in [0.3, 0.4) is 0 Å². The second-order valence-corrected chi connectivity index (χ2v) is 1.82. The highest BCUT2D eigenvalue weighted by Gasteiger charge is 2.02. The van der Waals surface area contributed by atoms with Gasteiger partial charge in [0.2, 0.25) is 5.65 Å². The van der Waals surface area contributed by atoms with Crippen LogP contribution in [-0.2, 0) is 0 Å². The minimum absolute atomic E-state index is 0.542.